The van der Waals surface area contributed by atoms with E-state index < -0.39 is 0 Å². The van der Waals surface area contributed by atoms with E-state index in [9.17, 15) is 0 Å². The monoisotopic (exact) mass is 330 g/mol. The molecule has 2 aromatic rings. The number of piperazine rings is 1. The van der Waals surface area contributed by atoms with Crippen LogP contribution in [0.15, 0.2) is 48.5 Å². The predicted molar refractivity (Wildman–Crippen MR) is 95.0 cm³/mol. The summed E-state index contributed by atoms with van der Waals surface area (Å²) in [7, 11) is 1.74. The second-order valence-corrected chi connectivity index (χ2v) is 6.43. The molecule has 1 aliphatic rings. The Bertz CT molecular complexity index is 639. The zero-order chi connectivity index (χ0) is 16.1. The molecule has 0 aromatic heterocycles. The SMILES string of the molecule is COc1ccccc1CN1CCN(Cc2cccc(Cl)c2)CC1. The summed E-state index contributed by atoms with van der Waals surface area (Å²) in [4.78, 5) is 4.98. The largest absolute Gasteiger partial charge is 0.496 e. The van der Waals surface area contributed by atoms with Gasteiger partial charge < -0.3 is 4.74 Å². The molecule has 0 unspecified atom stereocenters. The third kappa shape index (κ3) is 4.47. The first-order valence-electron chi connectivity index (χ1n) is 8.05. The molecule has 3 nitrogen and oxygen atoms in total. The average molecular weight is 331 g/mol. The van der Waals surface area contributed by atoms with Gasteiger partial charge in [0, 0.05) is 49.9 Å². The minimum Gasteiger partial charge on any atom is -0.496 e. The maximum atomic E-state index is 6.07. The van der Waals surface area contributed by atoms with Crippen LogP contribution in [0.1, 0.15) is 11.1 Å². The van der Waals surface area contributed by atoms with E-state index in [0.29, 0.717) is 0 Å². The van der Waals surface area contributed by atoms with Gasteiger partial charge in [-0.1, -0.05) is 41.9 Å². The van der Waals surface area contributed by atoms with E-state index in [1.807, 2.05) is 24.3 Å². The topological polar surface area (TPSA) is 15.7 Å². The molecule has 122 valence electrons. The van der Waals surface area contributed by atoms with Crippen molar-refractivity contribution in [2.24, 2.45) is 0 Å². The lowest BCUT2D eigenvalue weighted by atomic mass is 10.1. The minimum atomic E-state index is 0.817. The summed E-state index contributed by atoms with van der Waals surface area (Å²) in [5.74, 6) is 0.980. The maximum Gasteiger partial charge on any atom is 0.123 e. The third-order valence-corrected chi connectivity index (χ3v) is 4.58. The Morgan fingerprint density at radius 1 is 0.913 bits per heavy atom. The highest BCUT2D eigenvalue weighted by atomic mass is 35.5. The molecule has 0 aliphatic carbocycles. The van der Waals surface area contributed by atoms with Crippen molar-refractivity contribution in [2.45, 2.75) is 13.1 Å². The lowest BCUT2D eigenvalue weighted by molar-refractivity contribution is 0.121. The van der Waals surface area contributed by atoms with E-state index in [4.69, 9.17) is 16.3 Å². The summed E-state index contributed by atoms with van der Waals surface area (Å²) in [5, 5.41) is 0.817. The zero-order valence-electron chi connectivity index (χ0n) is 13.5. The fourth-order valence-corrected chi connectivity index (χ4v) is 3.29. The van der Waals surface area contributed by atoms with Crippen molar-refractivity contribution in [1.82, 2.24) is 9.80 Å². The first-order chi connectivity index (χ1) is 11.2. The average Bonchev–Trinajstić information content (AvgIpc) is 2.57. The fraction of sp³-hybridized carbons (Fsp3) is 0.368. The summed E-state index contributed by atoms with van der Waals surface area (Å²) in [5.41, 5.74) is 2.55. The van der Waals surface area contributed by atoms with Gasteiger partial charge in [-0.15, -0.1) is 0 Å². The van der Waals surface area contributed by atoms with Gasteiger partial charge in [-0.05, 0) is 23.8 Å². The van der Waals surface area contributed by atoms with Gasteiger partial charge in [0.15, 0.2) is 0 Å². The van der Waals surface area contributed by atoms with Crippen LogP contribution in [-0.2, 0) is 13.1 Å². The van der Waals surface area contributed by atoms with E-state index in [1.165, 1.54) is 11.1 Å². The van der Waals surface area contributed by atoms with Crippen LogP contribution in [0.3, 0.4) is 0 Å². The summed E-state index contributed by atoms with van der Waals surface area (Å²) >= 11 is 6.07. The molecule has 0 N–H and O–H groups in total. The number of para-hydroxylation sites is 1. The molecule has 0 spiro atoms. The predicted octanol–water partition coefficient (Wildman–Crippen LogP) is 3.67. The van der Waals surface area contributed by atoms with Gasteiger partial charge in [0.2, 0.25) is 0 Å². The van der Waals surface area contributed by atoms with Crippen LogP contribution in [0.5, 0.6) is 5.75 Å². The van der Waals surface area contributed by atoms with Crippen LogP contribution in [0.2, 0.25) is 5.02 Å². The highest BCUT2D eigenvalue weighted by Gasteiger charge is 2.18. The van der Waals surface area contributed by atoms with Gasteiger partial charge in [-0.2, -0.15) is 0 Å². The molecule has 0 radical (unpaired) electrons. The van der Waals surface area contributed by atoms with Gasteiger partial charge >= 0.3 is 0 Å². The number of ether oxygens (including phenoxy) is 1. The molecule has 4 heteroatoms. The van der Waals surface area contributed by atoms with Crippen molar-refractivity contribution in [3.05, 3.63) is 64.7 Å². The van der Waals surface area contributed by atoms with Crippen LogP contribution in [0.4, 0.5) is 0 Å². The number of rotatable bonds is 5. The number of benzene rings is 2. The Balaban J connectivity index is 1.52. The number of halogens is 1. The third-order valence-electron chi connectivity index (χ3n) is 4.35. The lowest BCUT2D eigenvalue weighted by Crippen LogP contribution is -2.45. The number of nitrogens with zero attached hydrogens (tertiary/aromatic N) is 2. The maximum absolute atomic E-state index is 6.07. The number of hydrogen-bond acceptors (Lipinski definition) is 3. The van der Waals surface area contributed by atoms with Crippen LogP contribution in [0.25, 0.3) is 0 Å². The standard InChI is InChI=1S/C19H23ClN2O/c1-23-19-8-3-2-6-17(19)15-22-11-9-21(10-12-22)14-16-5-4-7-18(20)13-16/h2-8,13H,9-12,14-15H2,1H3. The molecule has 0 saturated carbocycles. The molecule has 1 heterocycles. The van der Waals surface area contributed by atoms with Gasteiger partial charge in [-0.25, -0.2) is 0 Å². The van der Waals surface area contributed by atoms with E-state index >= 15 is 0 Å². The fourth-order valence-electron chi connectivity index (χ4n) is 3.07. The van der Waals surface area contributed by atoms with Gasteiger partial charge in [0.05, 0.1) is 7.11 Å². The van der Waals surface area contributed by atoms with E-state index in [2.05, 4.69) is 34.1 Å². The Kier molecular flexibility index (Phi) is 5.55. The van der Waals surface area contributed by atoms with Crippen molar-refractivity contribution in [2.75, 3.05) is 33.3 Å². The Labute approximate surface area is 143 Å². The summed E-state index contributed by atoms with van der Waals surface area (Å²) in [6.07, 6.45) is 0. The van der Waals surface area contributed by atoms with Crippen molar-refractivity contribution in [1.29, 1.82) is 0 Å². The highest BCUT2D eigenvalue weighted by Crippen LogP contribution is 2.20. The van der Waals surface area contributed by atoms with Crippen LogP contribution < -0.4 is 4.74 Å². The molecule has 3 rings (SSSR count). The van der Waals surface area contributed by atoms with Gasteiger partial charge in [0.1, 0.15) is 5.75 Å². The van der Waals surface area contributed by atoms with Crippen LogP contribution >= 0.6 is 11.6 Å². The first-order valence-corrected chi connectivity index (χ1v) is 8.43. The Hall–Kier alpha value is -1.55. The van der Waals surface area contributed by atoms with Gasteiger partial charge in [0.25, 0.3) is 0 Å². The minimum absolute atomic E-state index is 0.817. The lowest BCUT2D eigenvalue weighted by Gasteiger charge is -2.35. The molecule has 0 bridgehead atoms. The second-order valence-electron chi connectivity index (χ2n) is 5.99. The number of hydrogen-bond donors (Lipinski definition) is 0. The molecule has 2 aromatic carbocycles. The van der Waals surface area contributed by atoms with Crippen LogP contribution in [0, 0.1) is 0 Å². The van der Waals surface area contributed by atoms with E-state index in [-0.39, 0.29) is 0 Å². The van der Waals surface area contributed by atoms with Crippen LogP contribution in [-0.4, -0.2) is 43.1 Å². The normalized spacial score (nSPS) is 16.4. The molecule has 1 aliphatic heterocycles. The molecule has 0 amide bonds. The molecule has 23 heavy (non-hydrogen) atoms. The van der Waals surface area contributed by atoms with E-state index in [0.717, 1.165) is 50.0 Å². The van der Waals surface area contributed by atoms with Crippen molar-refractivity contribution < 1.29 is 4.74 Å². The zero-order valence-corrected chi connectivity index (χ0v) is 14.3. The quantitative estimate of drug-likeness (QED) is 0.832. The highest BCUT2D eigenvalue weighted by molar-refractivity contribution is 6.30. The molecule has 0 atom stereocenters. The molecule has 1 saturated heterocycles. The Morgan fingerprint density at radius 2 is 1.61 bits per heavy atom. The summed E-state index contributed by atoms with van der Waals surface area (Å²) in [6, 6.07) is 16.4. The Morgan fingerprint density at radius 3 is 2.30 bits per heavy atom. The number of methoxy groups -OCH3 is 1. The molecular formula is C19H23ClN2O. The molecule has 1 fully saturated rings. The summed E-state index contributed by atoms with van der Waals surface area (Å²) < 4.78 is 5.45. The first kappa shape index (κ1) is 16.3. The second kappa shape index (κ2) is 7.82. The van der Waals surface area contributed by atoms with Crippen molar-refractivity contribution in [3.8, 4) is 5.75 Å². The van der Waals surface area contributed by atoms with Crippen molar-refractivity contribution >= 4 is 11.6 Å². The summed E-state index contributed by atoms with van der Waals surface area (Å²) in [6.45, 7) is 6.26. The smallest absolute Gasteiger partial charge is 0.123 e. The van der Waals surface area contributed by atoms with E-state index in [1.54, 1.807) is 7.11 Å². The molecular weight excluding hydrogens is 308 g/mol. The van der Waals surface area contributed by atoms with Crippen molar-refractivity contribution in [3.63, 3.8) is 0 Å². The van der Waals surface area contributed by atoms with Gasteiger partial charge in [-0.3, -0.25) is 9.80 Å².